The highest BCUT2D eigenvalue weighted by atomic mass is 32.2. The van der Waals surface area contributed by atoms with E-state index in [1.807, 2.05) is 0 Å². The van der Waals surface area contributed by atoms with Crippen LogP contribution in [0.1, 0.15) is 86.2 Å². The van der Waals surface area contributed by atoms with Crippen LogP contribution in [-0.4, -0.2) is 161 Å². The molecule has 1 saturated heterocycles. The summed E-state index contributed by atoms with van der Waals surface area (Å²) in [6.45, 7) is 9.64. The third kappa shape index (κ3) is 14.4. The average molecular weight is 977 g/mol. The van der Waals surface area contributed by atoms with E-state index in [1.54, 1.807) is 51.7 Å². The van der Waals surface area contributed by atoms with Crippen LogP contribution in [0.4, 0.5) is 13.6 Å². The molecule has 1 aliphatic carbocycles. The Morgan fingerprint density at radius 3 is 2.04 bits per heavy atom. The van der Waals surface area contributed by atoms with Gasteiger partial charge in [0.2, 0.25) is 11.8 Å². The fourth-order valence-electron chi connectivity index (χ4n) is 8.09. The number of benzene rings is 2. The summed E-state index contributed by atoms with van der Waals surface area (Å²) >= 11 is 0. The Balaban J connectivity index is 1.12. The molecule has 2 fully saturated rings. The second kappa shape index (κ2) is 24.4. The number of nitrogens with zero attached hydrogens (tertiary/aromatic N) is 4. The first kappa shape index (κ1) is 53.7. The van der Waals surface area contributed by atoms with Crippen molar-refractivity contribution in [2.24, 2.45) is 13.0 Å². The van der Waals surface area contributed by atoms with E-state index in [0.717, 1.165) is 49.8 Å². The molecule has 3 aromatic rings. The molecule has 2 heterocycles. The van der Waals surface area contributed by atoms with Crippen LogP contribution in [0.15, 0.2) is 41.3 Å². The van der Waals surface area contributed by atoms with E-state index in [4.69, 9.17) is 23.1 Å². The van der Waals surface area contributed by atoms with Gasteiger partial charge >= 0.3 is 6.09 Å². The van der Waals surface area contributed by atoms with Gasteiger partial charge in [0.1, 0.15) is 23.4 Å². The van der Waals surface area contributed by atoms with Crippen molar-refractivity contribution in [1.82, 2.24) is 29.9 Å². The standard InChI is InChI=1S/C47H66F2N6O12S/c1-31-12-11-15-34(28-31)68(61,62)66-27-26-65-25-24-64-23-22-63-21-16-50-43(57)39-35-29-36(48)37(49)30-38(35)53(7)41(39)45(59)55-19-17-54(18-20-55)44(58)40(33-13-9-8-10-14-33)51-42(56)32(2)52(6)46(60)67-47(3,4)5/h11-12,15,28-30,32-33,40H,8-10,13-14,16-27H2,1-7H3,(H,50,57)(H,51,56)/t32-,40-/m0/s1. The highest BCUT2D eigenvalue weighted by Crippen LogP contribution is 2.31. The zero-order chi connectivity index (χ0) is 49.8. The molecule has 0 unspecified atom stereocenters. The quantitative estimate of drug-likeness (QED) is 0.112. The van der Waals surface area contributed by atoms with Gasteiger partial charge in [0.05, 0.1) is 62.2 Å². The highest BCUT2D eigenvalue weighted by Gasteiger charge is 2.39. The van der Waals surface area contributed by atoms with Crippen molar-refractivity contribution in [2.75, 3.05) is 86.0 Å². The lowest BCUT2D eigenvalue weighted by atomic mass is 9.83. The van der Waals surface area contributed by atoms with Gasteiger partial charge < -0.3 is 43.9 Å². The molecule has 2 aromatic carbocycles. The number of hydrogen-bond donors (Lipinski definition) is 2. The molecule has 2 atom stereocenters. The summed E-state index contributed by atoms with van der Waals surface area (Å²) in [5.74, 6) is -4.54. The van der Waals surface area contributed by atoms with Crippen molar-refractivity contribution >= 4 is 50.7 Å². The molecule has 2 aliphatic rings. The molecule has 0 bridgehead atoms. The molecule has 18 nitrogen and oxygen atoms in total. The fraction of sp³-hybridized carbons (Fsp3) is 0.596. The molecule has 1 aliphatic heterocycles. The number of likely N-dealkylation sites (N-methyl/N-ethyl adjacent to an activating group) is 1. The van der Waals surface area contributed by atoms with Gasteiger partial charge in [0.15, 0.2) is 11.6 Å². The Kier molecular flexibility index (Phi) is 19.3. The lowest BCUT2D eigenvalue weighted by Crippen LogP contribution is -2.60. The van der Waals surface area contributed by atoms with Gasteiger partial charge in [0.25, 0.3) is 21.9 Å². The molecule has 2 N–H and O–H groups in total. The molecule has 376 valence electrons. The number of amides is 5. The molecule has 5 rings (SSSR count). The molecule has 0 radical (unpaired) electrons. The van der Waals surface area contributed by atoms with Crippen molar-refractivity contribution in [1.29, 1.82) is 0 Å². The number of carbonyl (C=O) groups excluding carboxylic acids is 5. The number of aryl methyl sites for hydroxylation is 2. The third-order valence-electron chi connectivity index (χ3n) is 11.9. The fourth-order valence-corrected chi connectivity index (χ4v) is 9.08. The Bertz CT molecular complexity index is 2360. The molecule has 1 saturated carbocycles. The number of carbonyl (C=O) groups is 5. The molecule has 5 amide bonds. The number of halogens is 2. The summed E-state index contributed by atoms with van der Waals surface area (Å²) in [6.07, 6.45) is 3.63. The lowest BCUT2D eigenvalue weighted by Gasteiger charge is -2.39. The summed E-state index contributed by atoms with van der Waals surface area (Å²) < 4.78 is 82.1. The third-order valence-corrected chi connectivity index (χ3v) is 13.2. The topological polar surface area (TPSA) is 204 Å². The summed E-state index contributed by atoms with van der Waals surface area (Å²) in [5.41, 5.74) is -0.0799. The van der Waals surface area contributed by atoms with Crippen LogP contribution >= 0.6 is 0 Å². The Hall–Kier alpha value is -5.22. The van der Waals surface area contributed by atoms with Crippen LogP contribution in [0.3, 0.4) is 0 Å². The van der Waals surface area contributed by atoms with Crippen molar-refractivity contribution in [3.8, 4) is 0 Å². The Morgan fingerprint density at radius 1 is 0.838 bits per heavy atom. The lowest BCUT2D eigenvalue weighted by molar-refractivity contribution is -0.140. The number of fused-ring (bicyclic) bond motifs is 1. The predicted molar refractivity (Wildman–Crippen MR) is 246 cm³/mol. The Morgan fingerprint density at radius 2 is 1.43 bits per heavy atom. The van der Waals surface area contributed by atoms with Crippen molar-refractivity contribution in [2.45, 2.75) is 89.3 Å². The van der Waals surface area contributed by atoms with Crippen molar-refractivity contribution in [3.05, 3.63) is 64.9 Å². The number of nitrogens with one attached hydrogen (secondary N) is 2. The second-order valence-corrected chi connectivity index (χ2v) is 19.6. The van der Waals surface area contributed by atoms with Crippen LogP contribution in [0, 0.1) is 24.5 Å². The first-order valence-corrected chi connectivity index (χ1v) is 24.4. The van der Waals surface area contributed by atoms with E-state index < -0.39 is 63.3 Å². The summed E-state index contributed by atoms with van der Waals surface area (Å²) in [5, 5.41) is 5.68. The second-order valence-electron chi connectivity index (χ2n) is 18.0. The van der Waals surface area contributed by atoms with Gasteiger partial charge in [-0.3, -0.25) is 28.3 Å². The first-order valence-electron chi connectivity index (χ1n) is 23.0. The number of ether oxygens (including phenoxy) is 4. The molecule has 1 aromatic heterocycles. The van der Waals surface area contributed by atoms with Crippen LogP contribution in [0.2, 0.25) is 0 Å². The number of aromatic nitrogens is 1. The normalized spacial score (nSPS) is 15.8. The maximum Gasteiger partial charge on any atom is 0.410 e. The molecule has 0 spiro atoms. The van der Waals surface area contributed by atoms with Gasteiger partial charge in [-0.15, -0.1) is 0 Å². The molecular formula is C47H66F2N6O12S. The molecule has 21 heteroatoms. The molecule has 68 heavy (non-hydrogen) atoms. The van der Waals surface area contributed by atoms with E-state index in [-0.39, 0.29) is 118 Å². The van der Waals surface area contributed by atoms with Gasteiger partial charge in [-0.05, 0) is 77.1 Å². The van der Waals surface area contributed by atoms with E-state index in [2.05, 4.69) is 10.6 Å². The van der Waals surface area contributed by atoms with Crippen LogP contribution in [0.25, 0.3) is 10.9 Å². The van der Waals surface area contributed by atoms with E-state index in [9.17, 15) is 41.2 Å². The summed E-state index contributed by atoms with van der Waals surface area (Å²) in [6, 6.07) is 6.42. The van der Waals surface area contributed by atoms with Gasteiger partial charge in [-0.25, -0.2) is 13.6 Å². The SMILES string of the molecule is Cc1cccc(S(=O)(=O)OCCOCCOCCOCCNC(=O)c2c(C(=O)N3CCN(C(=O)[C@@H](NC(=O)[C@H](C)N(C)C(=O)OC(C)(C)C)C4CCCCC4)CC3)n(C)c3cc(F)c(F)cc23)c1. The number of hydrogen-bond acceptors (Lipinski definition) is 12. The molecular weight excluding hydrogens is 911 g/mol. The van der Waals surface area contributed by atoms with Crippen molar-refractivity contribution in [3.63, 3.8) is 0 Å². The number of rotatable bonds is 21. The van der Waals surface area contributed by atoms with E-state index in [0.29, 0.717) is 0 Å². The van der Waals surface area contributed by atoms with Crippen LogP contribution in [-0.2, 0) is 49.9 Å². The first-order chi connectivity index (χ1) is 32.2. The van der Waals surface area contributed by atoms with Gasteiger partial charge in [-0.2, -0.15) is 8.42 Å². The predicted octanol–water partition coefficient (Wildman–Crippen LogP) is 4.55. The van der Waals surface area contributed by atoms with E-state index >= 15 is 0 Å². The monoisotopic (exact) mass is 976 g/mol. The van der Waals surface area contributed by atoms with Crippen molar-refractivity contribution < 1.29 is 64.3 Å². The van der Waals surface area contributed by atoms with E-state index in [1.165, 1.54) is 40.6 Å². The average Bonchev–Trinajstić information content (AvgIpc) is 3.58. The smallest absolute Gasteiger partial charge is 0.410 e. The minimum atomic E-state index is -3.89. The minimum Gasteiger partial charge on any atom is -0.444 e. The highest BCUT2D eigenvalue weighted by molar-refractivity contribution is 7.86. The zero-order valence-corrected chi connectivity index (χ0v) is 40.9. The number of piperazine rings is 1. The zero-order valence-electron chi connectivity index (χ0n) is 40.1. The maximum absolute atomic E-state index is 14.7. The minimum absolute atomic E-state index is 0.0106. The summed E-state index contributed by atoms with van der Waals surface area (Å²) in [4.78, 5) is 73.0. The summed E-state index contributed by atoms with van der Waals surface area (Å²) in [7, 11) is -0.937. The van der Waals surface area contributed by atoms with Gasteiger partial charge in [0, 0.05) is 58.3 Å². The van der Waals surface area contributed by atoms with Gasteiger partial charge in [-0.1, -0.05) is 31.4 Å². The largest absolute Gasteiger partial charge is 0.444 e. The van der Waals surface area contributed by atoms with Crippen LogP contribution < -0.4 is 10.6 Å². The maximum atomic E-state index is 14.7. The van der Waals surface area contributed by atoms with Crippen LogP contribution in [0.5, 0.6) is 0 Å². The Labute approximate surface area is 397 Å².